The van der Waals surface area contributed by atoms with Gasteiger partial charge in [0.15, 0.2) is 0 Å². The topological polar surface area (TPSA) is 17.8 Å². The molecule has 0 radical (unpaired) electrons. The molecule has 1 unspecified atom stereocenters. The quantitative estimate of drug-likeness (QED) is 0.417. The van der Waals surface area contributed by atoms with E-state index in [0.717, 1.165) is 30.8 Å². The minimum atomic E-state index is 0.118. The molecule has 0 fully saturated rings. The van der Waals surface area contributed by atoms with Crippen LogP contribution in [-0.4, -0.2) is 14.3 Å². The van der Waals surface area contributed by atoms with Crippen molar-refractivity contribution in [1.82, 2.24) is 9.55 Å². The van der Waals surface area contributed by atoms with Crippen molar-refractivity contribution in [2.75, 3.05) is 0 Å². The van der Waals surface area contributed by atoms with Crippen LogP contribution >= 0.6 is 23.4 Å². The van der Waals surface area contributed by atoms with E-state index in [1.807, 2.05) is 36.4 Å². The molecule has 0 bridgehead atoms. The molecule has 1 atom stereocenters. The number of imidazole rings is 1. The van der Waals surface area contributed by atoms with Gasteiger partial charge in [0.25, 0.3) is 0 Å². The molecule has 0 spiro atoms. The number of benzene rings is 2. The molecular formula is C22H25ClN2S. The van der Waals surface area contributed by atoms with Crippen molar-refractivity contribution in [1.29, 1.82) is 0 Å². The highest BCUT2D eigenvalue weighted by molar-refractivity contribution is 8.00. The van der Waals surface area contributed by atoms with Crippen LogP contribution in [0.15, 0.2) is 72.1 Å². The van der Waals surface area contributed by atoms with Crippen molar-refractivity contribution in [3.05, 3.63) is 83.4 Å². The largest absolute Gasteiger partial charge is 0.336 e. The zero-order valence-electron chi connectivity index (χ0n) is 15.4. The summed E-state index contributed by atoms with van der Waals surface area (Å²) in [5.74, 6) is 0. The predicted octanol–water partition coefficient (Wildman–Crippen LogP) is 6.42. The molecule has 0 N–H and O–H groups in total. The third-order valence-corrected chi connectivity index (χ3v) is 6.86. The van der Waals surface area contributed by atoms with Gasteiger partial charge in [-0.1, -0.05) is 48.9 Å². The minimum absolute atomic E-state index is 0.118. The van der Waals surface area contributed by atoms with Crippen LogP contribution in [-0.2, 0) is 13.0 Å². The molecule has 0 aliphatic heterocycles. The van der Waals surface area contributed by atoms with E-state index < -0.39 is 0 Å². The van der Waals surface area contributed by atoms with Crippen LogP contribution < -0.4 is 0 Å². The van der Waals surface area contributed by atoms with E-state index in [-0.39, 0.29) is 4.75 Å². The first-order valence-corrected chi connectivity index (χ1v) is 10.2. The standard InChI is InChI=1S/C22H25ClN2S/c1-3-22(16-25-15-14-24-17-25,26-21-7-5-4-6-18(21)2)13-12-19-8-10-20(23)11-9-19/h4-11,14-15,17H,3,12-13,16H2,1-2H3. The number of aromatic nitrogens is 2. The summed E-state index contributed by atoms with van der Waals surface area (Å²) >= 11 is 8.04. The Kier molecular flexibility index (Phi) is 6.44. The Morgan fingerprint density at radius 3 is 2.54 bits per heavy atom. The second kappa shape index (κ2) is 8.79. The van der Waals surface area contributed by atoms with Gasteiger partial charge in [0, 0.05) is 33.6 Å². The molecule has 1 aromatic heterocycles. The second-order valence-electron chi connectivity index (χ2n) is 6.77. The lowest BCUT2D eigenvalue weighted by molar-refractivity contribution is 0.449. The van der Waals surface area contributed by atoms with Crippen molar-refractivity contribution in [2.45, 2.75) is 49.3 Å². The molecule has 2 aromatic carbocycles. The van der Waals surface area contributed by atoms with E-state index in [9.17, 15) is 0 Å². The normalized spacial score (nSPS) is 13.5. The zero-order chi connectivity index (χ0) is 18.4. The van der Waals surface area contributed by atoms with Gasteiger partial charge in [0.1, 0.15) is 0 Å². The maximum atomic E-state index is 6.03. The van der Waals surface area contributed by atoms with Crippen LogP contribution in [0, 0.1) is 6.92 Å². The Morgan fingerprint density at radius 2 is 1.88 bits per heavy atom. The number of rotatable bonds is 8. The Labute approximate surface area is 165 Å². The van der Waals surface area contributed by atoms with Crippen molar-refractivity contribution in [3.63, 3.8) is 0 Å². The van der Waals surface area contributed by atoms with Crippen LogP contribution in [0.4, 0.5) is 0 Å². The van der Waals surface area contributed by atoms with Gasteiger partial charge in [0.2, 0.25) is 0 Å². The first-order chi connectivity index (χ1) is 12.6. The Balaban J connectivity index is 1.83. The monoisotopic (exact) mass is 384 g/mol. The fourth-order valence-corrected chi connectivity index (χ4v) is 4.69. The van der Waals surface area contributed by atoms with Gasteiger partial charge < -0.3 is 4.57 Å². The Bertz CT molecular complexity index is 814. The highest BCUT2D eigenvalue weighted by Crippen LogP contribution is 2.42. The van der Waals surface area contributed by atoms with Crippen molar-refractivity contribution < 1.29 is 0 Å². The minimum Gasteiger partial charge on any atom is -0.336 e. The summed E-state index contributed by atoms with van der Waals surface area (Å²) < 4.78 is 2.32. The second-order valence-corrected chi connectivity index (χ2v) is 8.71. The van der Waals surface area contributed by atoms with Gasteiger partial charge >= 0.3 is 0 Å². The summed E-state index contributed by atoms with van der Waals surface area (Å²) in [5.41, 5.74) is 2.68. The van der Waals surface area contributed by atoms with Gasteiger partial charge in [-0.05, 0) is 55.5 Å². The van der Waals surface area contributed by atoms with Crippen LogP contribution in [0.2, 0.25) is 5.02 Å². The molecule has 0 saturated heterocycles. The number of hydrogen-bond acceptors (Lipinski definition) is 2. The van der Waals surface area contributed by atoms with E-state index in [1.165, 1.54) is 16.0 Å². The summed E-state index contributed by atoms with van der Waals surface area (Å²) in [6.07, 6.45) is 9.08. The lowest BCUT2D eigenvalue weighted by Crippen LogP contribution is -2.30. The lowest BCUT2D eigenvalue weighted by atomic mass is 9.96. The molecule has 3 rings (SSSR count). The molecule has 3 aromatic rings. The van der Waals surface area contributed by atoms with Gasteiger partial charge in [0.05, 0.1) is 6.33 Å². The molecule has 0 aliphatic carbocycles. The Hall–Kier alpha value is -1.71. The Morgan fingerprint density at radius 1 is 1.12 bits per heavy atom. The van der Waals surface area contributed by atoms with E-state index in [1.54, 1.807) is 0 Å². The van der Waals surface area contributed by atoms with Gasteiger partial charge in [-0.25, -0.2) is 4.98 Å². The van der Waals surface area contributed by atoms with Crippen molar-refractivity contribution >= 4 is 23.4 Å². The number of halogens is 1. The maximum absolute atomic E-state index is 6.03. The molecule has 0 saturated carbocycles. The van der Waals surface area contributed by atoms with Gasteiger partial charge in [-0.3, -0.25) is 0 Å². The molecule has 26 heavy (non-hydrogen) atoms. The fraction of sp³-hybridized carbons (Fsp3) is 0.318. The average molecular weight is 385 g/mol. The molecule has 2 nitrogen and oxygen atoms in total. The summed E-state index contributed by atoms with van der Waals surface area (Å²) in [6, 6.07) is 16.9. The lowest BCUT2D eigenvalue weighted by Gasteiger charge is -2.33. The van der Waals surface area contributed by atoms with Crippen LogP contribution in [0.3, 0.4) is 0 Å². The fourth-order valence-electron chi connectivity index (χ4n) is 3.16. The molecule has 1 heterocycles. The third-order valence-electron chi connectivity index (χ3n) is 4.88. The van der Waals surface area contributed by atoms with Gasteiger partial charge in [-0.2, -0.15) is 0 Å². The summed E-state index contributed by atoms with van der Waals surface area (Å²) in [5, 5.41) is 0.795. The summed E-state index contributed by atoms with van der Waals surface area (Å²) in [6.45, 7) is 5.44. The van der Waals surface area contributed by atoms with E-state index in [2.05, 4.69) is 66.0 Å². The SMILES string of the molecule is CCC(CCc1ccc(Cl)cc1)(Cn1ccnc1)Sc1ccccc1C. The first-order valence-electron chi connectivity index (χ1n) is 9.05. The third kappa shape index (κ3) is 4.93. The van der Waals surface area contributed by atoms with Crippen molar-refractivity contribution in [2.24, 2.45) is 0 Å². The molecule has 136 valence electrons. The highest BCUT2D eigenvalue weighted by Gasteiger charge is 2.30. The summed E-state index contributed by atoms with van der Waals surface area (Å²) in [7, 11) is 0. The zero-order valence-corrected chi connectivity index (χ0v) is 16.9. The average Bonchev–Trinajstić information content (AvgIpc) is 3.16. The number of nitrogens with zero attached hydrogens (tertiary/aromatic N) is 2. The molecule has 0 amide bonds. The highest BCUT2D eigenvalue weighted by atomic mass is 35.5. The van der Waals surface area contributed by atoms with Crippen LogP contribution in [0.25, 0.3) is 0 Å². The maximum Gasteiger partial charge on any atom is 0.0946 e. The molecule has 0 aliphatic rings. The van der Waals surface area contributed by atoms with Crippen LogP contribution in [0.5, 0.6) is 0 Å². The number of aryl methyl sites for hydroxylation is 2. The first kappa shape index (κ1) is 19.1. The number of thioether (sulfide) groups is 1. The predicted molar refractivity (Wildman–Crippen MR) is 112 cm³/mol. The summed E-state index contributed by atoms with van der Waals surface area (Å²) in [4.78, 5) is 5.60. The van der Waals surface area contributed by atoms with Crippen molar-refractivity contribution in [3.8, 4) is 0 Å². The van der Waals surface area contributed by atoms with E-state index in [0.29, 0.717) is 0 Å². The van der Waals surface area contributed by atoms with E-state index in [4.69, 9.17) is 11.6 Å². The number of hydrogen-bond donors (Lipinski definition) is 0. The smallest absolute Gasteiger partial charge is 0.0946 e. The van der Waals surface area contributed by atoms with E-state index >= 15 is 0 Å². The molecule has 4 heteroatoms. The molecular weight excluding hydrogens is 360 g/mol. The van der Waals surface area contributed by atoms with Gasteiger partial charge in [-0.15, -0.1) is 11.8 Å². The van der Waals surface area contributed by atoms with Crippen LogP contribution in [0.1, 0.15) is 30.9 Å².